The highest BCUT2D eigenvalue weighted by Gasteiger charge is 2.20. The van der Waals surface area contributed by atoms with Gasteiger partial charge in [-0.2, -0.15) is 0 Å². The van der Waals surface area contributed by atoms with E-state index < -0.39 is 18.0 Å². The Kier molecular flexibility index (Phi) is 11.4. The lowest BCUT2D eigenvalue weighted by atomic mass is 9.86. The summed E-state index contributed by atoms with van der Waals surface area (Å²) in [6.07, 6.45) is 1.73. The van der Waals surface area contributed by atoms with Gasteiger partial charge in [-0.05, 0) is 61.0 Å². The Balaban J connectivity index is 0.000000678. The first-order valence-corrected chi connectivity index (χ1v) is 12.3. The highest BCUT2D eigenvalue weighted by atomic mass is 16.5. The van der Waals surface area contributed by atoms with Crippen LogP contribution in [-0.4, -0.2) is 70.5 Å². The number of aliphatic carboxylic acids is 2. The van der Waals surface area contributed by atoms with Gasteiger partial charge in [0.15, 0.2) is 0 Å². The number of aliphatic hydroxyl groups is 1. The maximum absolute atomic E-state index is 10.4. The molecule has 0 amide bonds. The van der Waals surface area contributed by atoms with Crippen LogP contribution in [0, 0.1) is 6.92 Å². The van der Waals surface area contributed by atoms with Crippen LogP contribution in [0.3, 0.4) is 0 Å². The third kappa shape index (κ3) is 10.4. The molecule has 1 unspecified atom stereocenters. The zero-order chi connectivity index (χ0) is 26.7. The summed E-state index contributed by atoms with van der Waals surface area (Å²) in [6.45, 7) is 12.8. The molecular formula is C28H40N2O6. The number of carboxylic acids is 2. The van der Waals surface area contributed by atoms with Crippen molar-refractivity contribution in [1.82, 2.24) is 10.2 Å². The molecule has 3 rings (SSSR count). The van der Waals surface area contributed by atoms with E-state index in [2.05, 4.69) is 80.4 Å². The predicted octanol–water partition coefficient (Wildman–Crippen LogP) is 3.44. The molecule has 1 atom stereocenters. The molecule has 1 aliphatic heterocycles. The number of likely N-dealkylation sites (tertiary alicyclic amines) is 1. The topological polar surface area (TPSA) is 119 Å². The van der Waals surface area contributed by atoms with Crippen molar-refractivity contribution in [3.05, 3.63) is 65.2 Å². The Morgan fingerprint density at radius 1 is 1.06 bits per heavy atom. The smallest absolute Gasteiger partial charge is 0.414 e. The van der Waals surface area contributed by atoms with Crippen LogP contribution in [-0.2, 0) is 21.5 Å². The molecule has 36 heavy (non-hydrogen) atoms. The fourth-order valence-corrected chi connectivity index (χ4v) is 3.96. The molecule has 0 radical (unpaired) electrons. The van der Waals surface area contributed by atoms with E-state index in [1.165, 1.54) is 11.1 Å². The number of nitrogens with zero attached hydrogens (tertiary/aromatic N) is 1. The van der Waals surface area contributed by atoms with Crippen LogP contribution < -0.4 is 10.1 Å². The quantitative estimate of drug-likeness (QED) is 0.407. The summed E-state index contributed by atoms with van der Waals surface area (Å²) >= 11 is 0. The number of rotatable bonds is 8. The van der Waals surface area contributed by atoms with Crippen molar-refractivity contribution < 1.29 is 29.6 Å². The highest BCUT2D eigenvalue weighted by molar-refractivity contribution is 6.27. The normalized spacial score (nSPS) is 15.5. The zero-order valence-electron chi connectivity index (χ0n) is 21.7. The van der Waals surface area contributed by atoms with Crippen LogP contribution in [0.25, 0.3) is 0 Å². The molecule has 1 aliphatic rings. The summed E-state index contributed by atoms with van der Waals surface area (Å²) in [5.41, 5.74) is 3.92. The minimum absolute atomic E-state index is 0.128. The largest absolute Gasteiger partial charge is 0.491 e. The standard InChI is InChI=1S/C26H38N2O2.C2H2O4/c1-20-16-22(26(2,3)4)10-11-25(20)30-19-24(29)17-27-23-12-14-28(15-13-23)18-21-8-6-5-7-9-21;3-1(4)2(5)6/h5-11,16,23-24,27,29H,12-15,17-19H2,1-4H3;(H,3,4)(H,5,6). The van der Waals surface area contributed by atoms with Gasteiger partial charge >= 0.3 is 11.9 Å². The van der Waals surface area contributed by atoms with Crippen LogP contribution in [0.15, 0.2) is 48.5 Å². The maximum Gasteiger partial charge on any atom is 0.414 e. The van der Waals surface area contributed by atoms with E-state index in [9.17, 15) is 5.11 Å². The maximum atomic E-state index is 10.4. The van der Waals surface area contributed by atoms with E-state index in [1.54, 1.807) is 0 Å². The number of ether oxygens (including phenoxy) is 1. The average Bonchev–Trinajstić information content (AvgIpc) is 2.83. The predicted molar refractivity (Wildman–Crippen MR) is 139 cm³/mol. The lowest BCUT2D eigenvalue weighted by Gasteiger charge is -2.33. The number of aryl methyl sites for hydroxylation is 1. The Morgan fingerprint density at radius 2 is 1.67 bits per heavy atom. The lowest BCUT2D eigenvalue weighted by molar-refractivity contribution is -0.159. The van der Waals surface area contributed by atoms with Gasteiger partial charge < -0.3 is 25.4 Å². The second kappa shape index (κ2) is 14.0. The Bertz CT molecular complexity index is 954. The average molecular weight is 501 g/mol. The van der Waals surface area contributed by atoms with Crippen LogP contribution in [0.5, 0.6) is 5.75 Å². The first-order valence-electron chi connectivity index (χ1n) is 12.3. The number of benzene rings is 2. The number of hydrogen-bond acceptors (Lipinski definition) is 6. The fraction of sp³-hybridized carbons (Fsp3) is 0.500. The van der Waals surface area contributed by atoms with E-state index in [0.29, 0.717) is 19.2 Å². The molecule has 1 fully saturated rings. The summed E-state index contributed by atoms with van der Waals surface area (Å²) in [7, 11) is 0. The number of carbonyl (C=O) groups is 2. The molecule has 198 valence electrons. The van der Waals surface area contributed by atoms with Crippen molar-refractivity contribution in [2.75, 3.05) is 26.2 Å². The Hall–Kier alpha value is -2.94. The first-order chi connectivity index (χ1) is 17.0. The Labute approximate surface area is 213 Å². The van der Waals surface area contributed by atoms with Gasteiger partial charge in [0, 0.05) is 19.1 Å². The minimum Gasteiger partial charge on any atom is -0.491 e. The van der Waals surface area contributed by atoms with Gasteiger partial charge in [0.1, 0.15) is 18.5 Å². The Morgan fingerprint density at radius 3 is 2.19 bits per heavy atom. The van der Waals surface area contributed by atoms with Crippen molar-refractivity contribution in [3.8, 4) is 5.75 Å². The fourth-order valence-electron chi connectivity index (χ4n) is 3.96. The van der Waals surface area contributed by atoms with Gasteiger partial charge in [0.2, 0.25) is 0 Å². The summed E-state index contributed by atoms with van der Waals surface area (Å²) in [4.78, 5) is 20.7. The van der Waals surface area contributed by atoms with Gasteiger partial charge in [0.25, 0.3) is 0 Å². The number of hydrogen-bond donors (Lipinski definition) is 4. The molecule has 0 spiro atoms. The van der Waals surface area contributed by atoms with Crippen LogP contribution in [0.4, 0.5) is 0 Å². The molecule has 0 aliphatic carbocycles. The van der Waals surface area contributed by atoms with Crippen LogP contribution in [0.2, 0.25) is 0 Å². The van der Waals surface area contributed by atoms with Crippen molar-refractivity contribution in [3.63, 3.8) is 0 Å². The molecule has 1 heterocycles. The molecule has 2 aromatic carbocycles. The lowest BCUT2D eigenvalue weighted by Crippen LogP contribution is -2.45. The summed E-state index contributed by atoms with van der Waals surface area (Å²) in [5, 5.41) is 28.7. The highest BCUT2D eigenvalue weighted by Crippen LogP contribution is 2.27. The third-order valence-electron chi connectivity index (χ3n) is 6.13. The number of nitrogens with one attached hydrogen (secondary N) is 1. The van der Waals surface area contributed by atoms with Crippen LogP contribution in [0.1, 0.15) is 50.3 Å². The first kappa shape index (κ1) is 29.3. The third-order valence-corrected chi connectivity index (χ3v) is 6.13. The van der Waals surface area contributed by atoms with E-state index in [1.807, 2.05) is 6.07 Å². The second-order valence-corrected chi connectivity index (χ2v) is 10.2. The van der Waals surface area contributed by atoms with Gasteiger partial charge in [-0.3, -0.25) is 4.90 Å². The SMILES string of the molecule is Cc1cc(C(C)(C)C)ccc1OCC(O)CNC1CCN(Cc2ccccc2)CC1.O=C(O)C(=O)O. The van der Waals surface area contributed by atoms with E-state index in [4.69, 9.17) is 24.5 Å². The van der Waals surface area contributed by atoms with Crippen molar-refractivity contribution in [1.29, 1.82) is 0 Å². The minimum atomic E-state index is -1.82. The molecule has 2 aromatic rings. The van der Waals surface area contributed by atoms with Crippen molar-refractivity contribution in [2.24, 2.45) is 0 Å². The molecule has 4 N–H and O–H groups in total. The van der Waals surface area contributed by atoms with Gasteiger partial charge in [-0.15, -0.1) is 0 Å². The van der Waals surface area contributed by atoms with Gasteiger partial charge in [-0.1, -0.05) is 63.2 Å². The number of carboxylic acid groups (broad SMARTS) is 2. The zero-order valence-corrected chi connectivity index (χ0v) is 21.7. The molecule has 0 bridgehead atoms. The van der Waals surface area contributed by atoms with E-state index in [0.717, 1.165) is 43.8 Å². The molecule has 8 nitrogen and oxygen atoms in total. The van der Waals surface area contributed by atoms with E-state index in [-0.39, 0.29) is 5.41 Å². The van der Waals surface area contributed by atoms with Crippen LogP contribution >= 0.6 is 0 Å². The second-order valence-electron chi connectivity index (χ2n) is 10.2. The van der Waals surface area contributed by atoms with Gasteiger partial charge in [-0.25, -0.2) is 9.59 Å². The summed E-state index contributed by atoms with van der Waals surface area (Å²) in [6, 6.07) is 17.5. The summed E-state index contributed by atoms with van der Waals surface area (Å²) < 4.78 is 5.89. The van der Waals surface area contributed by atoms with Crippen molar-refractivity contribution in [2.45, 2.75) is 64.6 Å². The monoisotopic (exact) mass is 500 g/mol. The van der Waals surface area contributed by atoms with Crippen molar-refractivity contribution >= 4 is 11.9 Å². The number of aliphatic hydroxyl groups excluding tert-OH is 1. The van der Waals surface area contributed by atoms with Gasteiger partial charge in [0.05, 0.1) is 0 Å². The molecular weight excluding hydrogens is 460 g/mol. The van der Waals surface area contributed by atoms with E-state index >= 15 is 0 Å². The molecule has 1 saturated heterocycles. The summed E-state index contributed by atoms with van der Waals surface area (Å²) in [5.74, 6) is -2.79. The number of piperidine rings is 1. The molecule has 0 aromatic heterocycles. The molecule has 0 saturated carbocycles. The molecule has 8 heteroatoms.